The molecule has 2 heteroatoms. The van der Waals surface area contributed by atoms with Gasteiger partial charge in [0.15, 0.2) is 0 Å². The highest BCUT2D eigenvalue weighted by Gasteiger charge is 2.22. The Kier molecular flexibility index (Phi) is 7.85. The minimum Gasteiger partial charge on any atom is -0.456 e. The Morgan fingerprint density at radius 3 is 1.67 bits per heavy atom. The summed E-state index contributed by atoms with van der Waals surface area (Å²) in [6.07, 6.45) is 0. The normalized spacial score (nSPS) is 11.3. The molecule has 254 valence electrons. The summed E-state index contributed by atoms with van der Waals surface area (Å²) in [6, 6.07) is 75.9. The number of para-hydroxylation sites is 3. The van der Waals surface area contributed by atoms with Crippen molar-refractivity contribution in [1.82, 2.24) is 0 Å². The largest absolute Gasteiger partial charge is 0.456 e. The molecule has 0 atom stereocenters. The maximum Gasteiger partial charge on any atom is 0.136 e. The van der Waals surface area contributed by atoms with Crippen molar-refractivity contribution in [2.75, 3.05) is 4.90 Å². The SMILES string of the molecule is c1ccc(-c2ccc(N(c3ccccc3-c3cccc(-c4cccc5ccccc45)c3)c3ccccc3-c3cccc4oc5ccccc5c34)cc2)cc1. The molecule has 0 radical (unpaired) electrons. The first kappa shape index (κ1) is 31.6. The molecule has 0 bridgehead atoms. The van der Waals surface area contributed by atoms with E-state index in [1.165, 1.54) is 33.0 Å². The van der Waals surface area contributed by atoms with Crippen LogP contribution in [0.2, 0.25) is 0 Å². The lowest BCUT2D eigenvalue weighted by molar-refractivity contribution is 0.669. The van der Waals surface area contributed by atoms with Gasteiger partial charge in [-0.25, -0.2) is 0 Å². The number of hydrogen-bond acceptors (Lipinski definition) is 2. The third-order valence-corrected chi connectivity index (χ3v) is 10.5. The third kappa shape index (κ3) is 5.53. The number of benzene rings is 9. The highest BCUT2D eigenvalue weighted by Crippen LogP contribution is 2.47. The van der Waals surface area contributed by atoms with Crippen LogP contribution < -0.4 is 4.90 Å². The van der Waals surface area contributed by atoms with Crippen LogP contribution in [-0.2, 0) is 0 Å². The van der Waals surface area contributed by atoms with Crippen molar-refractivity contribution >= 4 is 49.8 Å². The Bertz CT molecular complexity index is 2930. The number of hydrogen-bond donors (Lipinski definition) is 0. The summed E-state index contributed by atoms with van der Waals surface area (Å²) in [5, 5.41) is 4.72. The second-order valence-electron chi connectivity index (χ2n) is 13.7. The minimum atomic E-state index is 0.882. The van der Waals surface area contributed by atoms with Gasteiger partial charge in [-0.2, -0.15) is 0 Å². The molecule has 1 aromatic heterocycles. The zero-order valence-corrected chi connectivity index (χ0v) is 29.6. The van der Waals surface area contributed by atoms with Gasteiger partial charge in [-0.05, 0) is 86.6 Å². The van der Waals surface area contributed by atoms with E-state index in [-0.39, 0.29) is 0 Å². The minimum absolute atomic E-state index is 0.882. The highest BCUT2D eigenvalue weighted by atomic mass is 16.3. The summed E-state index contributed by atoms with van der Waals surface area (Å²) in [6.45, 7) is 0. The van der Waals surface area contributed by atoms with E-state index in [1.54, 1.807) is 0 Å². The lowest BCUT2D eigenvalue weighted by Crippen LogP contribution is -2.12. The number of anilines is 3. The molecule has 9 aromatic carbocycles. The van der Waals surface area contributed by atoms with Gasteiger partial charge in [0.25, 0.3) is 0 Å². The molecule has 0 aliphatic heterocycles. The van der Waals surface area contributed by atoms with E-state index in [0.717, 1.165) is 61.3 Å². The van der Waals surface area contributed by atoms with Crippen LogP contribution in [0.3, 0.4) is 0 Å². The first-order valence-electron chi connectivity index (χ1n) is 18.4. The molecule has 0 fully saturated rings. The lowest BCUT2D eigenvalue weighted by Gasteiger charge is -2.30. The molecule has 0 spiro atoms. The van der Waals surface area contributed by atoms with Gasteiger partial charge >= 0.3 is 0 Å². The van der Waals surface area contributed by atoms with E-state index in [4.69, 9.17) is 4.42 Å². The maximum absolute atomic E-state index is 6.38. The molecule has 10 aromatic rings. The molecule has 0 saturated carbocycles. The molecule has 0 aliphatic carbocycles. The molecular formula is C52H35NO. The second-order valence-corrected chi connectivity index (χ2v) is 13.7. The fraction of sp³-hybridized carbons (Fsp3) is 0. The smallest absolute Gasteiger partial charge is 0.136 e. The van der Waals surface area contributed by atoms with E-state index in [0.29, 0.717) is 0 Å². The van der Waals surface area contributed by atoms with Crippen LogP contribution in [0.4, 0.5) is 17.1 Å². The number of fused-ring (bicyclic) bond motifs is 4. The van der Waals surface area contributed by atoms with E-state index < -0.39 is 0 Å². The van der Waals surface area contributed by atoms with E-state index in [2.05, 4.69) is 205 Å². The molecule has 1 heterocycles. The van der Waals surface area contributed by atoms with Gasteiger partial charge in [-0.3, -0.25) is 0 Å². The van der Waals surface area contributed by atoms with Crippen LogP contribution in [0.25, 0.3) is 77.2 Å². The summed E-state index contributed by atoms with van der Waals surface area (Å²) in [4.78, 5) is 2.42. The molecule has 54 heavy (non-hydrogen) atoms. The molecule has 0 amide bonds. The number of nitrogens with zero attached hydrogens (tertiary/aromatic N) is 1. The van der Waals surface area contributed by atoms with E-state index in [9.17, 15) is 0 Å². The summed E-state index contributed by atoms with van der Waals surface area (Å²) in [5.41, 5.74) is 14.4. The Labute approximate surface area is 314 Å². The van der Waals surface area contributed by atoms with Crippen molar-refractivity contribution in [2.45, 2.75) is 0 Å². The predicted octanol–water partition coefficient (Wildman–Crippen LogP) is 14.9. The van der Waals surface area contributed by atoms with Crippen molar-refractivity contribution in [3.8, 4) is 44.5 Å². The molecule has 0 saturated heterocycles. The Morgan fingerprint density at radius 1 is 0.315 bits per heavy atom. The van der Waals surface area contributed by atoms with Gasteiger partial charge in [0, 0.05) is 27.6 Å². The number of furan rings is 1. The standard InChI is InChI=1S/C52H35NO/c1-2-15-36(16-3-1)37-31-33-41(34-32-37)53(49-28-10-7-23-45(49)46-26-14-30-51-52(46)47-24-8-11-29-50(47)54-51)48-27-9-6-22-44(48)40-20-12-19-39(35-40)43-25-13-18-38-17-4-5-21-42(38)43/h1-35H. The van der Waals surface area contributed by atoms with Gasteiger partial charge in [-0.1, -0.05) is 170 Å². The van der Waals surface area contributed by atoms with Gasteiger partial charge in [0.2, 0.25) is 0 Å². The zero-order chi connectivity index (χ0) is 35.8. The van der Waals surface area contributed by atoms with E-state index >= 15 is 0 Å². The first-order valence-corrected chi connectivity index (χ1v) is 18.4. The van der Waals surface area contributed by atoms with Crippen LogP contribution >= 0.6 is 0 Å². The monoisotopic (exact) mass is 689 g/mol. The van der Waals surface area contributed by atoms with Crippen molar-refractivity contribution in [2.24, 2.45) is 0 Å². The summed E-state index contributed by atoms with van der Waals surface area (Å²) >= 11 is 0. The Morgan fingerprint density at radius 2 is 0.833 bits per heavy atom. The summed E-state index contributed by atoms with van der Waals surface area (Å²) in [7, 11) is 0. The molecule has 2 nitrogen and oxygen atoms in total. The second kappa shape index (κ2) is 13.4. The average molecular weight is 690 g/mol. The molecule has 10 rings (SSSR count). The molecule has 0 N–H and O–H groups in total. The van der Waals surface area contributed by atoms with E-state index in [1.807, 2.05) is 12.1 Å². The van der Waals surface area contributed by atoms with Crippen LogP contribution in [0.1, 0.15) is 0 Å². The Hall–Kier alpha value is -7.16. The quantitative estimate of drug-likeness (QED) is 0.166. The van der Waals surface area contributed by atoms with Gasteiger partial charge in [0.05, 0.1) is 11.4 Å². The van der Waals surface area contributed by atoms with Crippen molar-refractivity contribution < 1.29 is 4.42 Å². The first-order chi connectivity index (χ1) is 26.8. The van der Waals surface area contributed by atoms with Crippen molar-refractivity contribution in [3.63, 3.8) is 0 Å². The summed E-state index contributed by atoms with van der Waals surface area (Å²) in [5.74, 6) is 0. The van der Waals surface area contributed by atoms with Gasteiger partial charge in [-0.15, -0.1) is 0 Å². The zero-order valence-electron chi connectivity index (χ0n) is 29.6. The van der Waals surface area contributed by atoms with Gasteiger partial charge in [0.1, 0.15) is 11.2 Å². The van der Waals surface area contributed by atoms with Crippen LogP contribution in [0, 0.1) is 0 Å². The van der Waals surface area contributed by atoms with Crippen LogP contribution in [0.5, 0.6) is 0 Å². The average Bonchev–Trinajstić information content (AvgIpc) is 3.64. The topological polar surface area (TPSA) is 16.4 Å². The molecule has 0 unspecified atom stereocenters. The number of rotatable bonds is 7. The Balaban J connectivity index is 1.19. The fourth-order valence-electron chi connectivity index (χ4n) is 7.98. The molecular weight excluding hydrogens is 655 g/mol. The van der Waals surface area contributed by atoms with Crippen LogP contribution in [0.15, 0.2) is 217 Å². The molecule has 0 aliphatic rings. The highest BCUT2D eigenvalue weighted by molar-refractivity contribution is 6.14. The maximum atomic E-state index is 6.38. The fourth-order valence-corrected chi connectivity index (χ4v) is 7.98. The predicted molar refractivity (Wildman–Crippen MR) is 228 cm³/mol. The van der Waals surface area contributed by atoms with Gasteiger partial charge < -0.3 is 9.32 Å². The van der Waals surface area contributed by atoms with Crippen molar-refractivity contribution in [3.05, 3.63) is 212 Å². The lowest BCUT2D eigenvalue weighted by atomic mass is 9.93. The third-order valence-electron chi connectivity index (χ3n) is 10.5. The van der Waals surface area contributed by atoms with Crippen molar-refractivity contribution in [1.29, 1.82) is 0 Å². The summed E-state index contributed by atoms with van der Waals surface area (Å²) < 4.78 is 6.38. The van der Waals surface area contributed by atoms with Crippen LogP contribution in [-0.4, -0.2) is 0 Å².